The van der Waals surface area contributed by atoms with Crippen molar-refractivity contribution < 1.29 is 14.9 Å². The van der Waals surface area contributed by atoms with Crippen LogP contribution in [0.25, 0.3) is 0 Å². The van der Waals surface area contributed by atoms with Crippen LogP contribution in [0.5, 0.6) is 11.5 Å². The molecule has 1 aromatic rings. The van der Waals surface area contributed by atoms with E-state index in [9.17, 15) is 10.2 Å². The van der Waals surface area contributed by atoms with Crippen LogP contribution in [0, 0.1) is 0 Å². The molecular formula is C11H15NO3. The van der Waals surface area contributed by atoms with Gasteiger partial charge >= 0.3 is 0 Å². The monoisotopic (exact) mass is 209 g/mol. The molecule has 0 saturated carbocycles. The van der Waals surface area contributed by atoms with Gasteiger partial charge in [-0.25, -0.2) is 0 Å². The molecule has 2 rings (SSSR count). The molecular weight excluding hydrogens is 194 g/mol. The van der Waals surface area contributed by atoms with Crippen LogP contribution in [-0.2, 0) is 11.3 Å². The fourth-order valence-corrected chi connectivity index (χ4v) is 1.85. The molecule has 0 aromatic heterocycles. The third-order valence-electron chi connectivity index (χ3n) is 2.60. The zero-order chi connectivity index (χ0) is 11.0. The maximum atomic E-state index is 9.63. The van der Waals surface area contributed by atoms with Gasteiger partial charge < -0.3 is 19.8 Å². The molecule has 2 N–H and O–H groups in total. The summed E-state index contributed by atoms with van der Waals surface area (Å²) in [6, 6.07) is 3.32. The molecule has 4 heteroatoms. The Morgan fingerprint density at radius 3 is 2.80 bits per heavy atom. The van der Waals surface area contributed by atoms with Crippen molar-refractivity contribution in [2.45, 2.75) is 12.7 Å². The van der Waals surface area contributed by atoms with Crippen LogP contribution in [0.2, 0.25) is 0 Å². The highest BCUT2D eigenvalue weighted by atomic mass is 16.5. The number of fused-ring (bicyclic) bond motifs is 1. The molecule has 1 aliphatic heterocycles. The fraction of sp³-hybridized carbons (Fsp3) is 0.455. The molecule has 0 bridgehead atoms. The van der Waals surface area contributed by atoms with Crippen molar-refractivity contribution in [3.63, 3.8) is 0 Å². The van der Waals surface area contributed by atoms with Gasteiger partial charge in [-0.05, 0) is 25.7 Å². The Morgan fingerprint density at radius 2 is 2.13 bits per heavy atom. The summed E-state index contributed by atoms with van der Waals surface area (Å²) in [6.45, 7) is 1.14. The first-order valence-electron chi connectivity index (χ1n) is 4.89. The molecule has 0 spiro atoms. The standard InChI is InChI=1S/C11H15NO3/c1-12(2)5-10-7-3-4-9(13)11(14)8(7)6-15-10/h3-4,10,13-14H,5-6H2,1-2H3/t10-/m1/s1. The minimum Gasteiger partial charge on any atom is -0.504 e. The van der Waals surface area contributed by atoms with Crippen molar-refractivity contribution in [2.75, 3.05) is 20.6 Å². The Morgan fingerprint density at radius 1 is 1.40 bits per heavy atom. The zero-order valence-electron chi connectivity index (χ0n) is 8.90. The largest absolute Gasteiger partial charge is 0.504 e. The second-order valence-corrected chi connectivity index (χ2v) is 4.06. The lowest BCUT2D eigenvalue weighted by atomic mass is 10.0. The van der Waals surface area contributed by atoms with Gasteiger partial charge in [0.1, 0.15) is 0 Å². The lowest BCUT2D eigenvalue weighted by molar-refractivity contribution is 0.0471. The summed E-state index contributed by atoms with van der Waals surface area (Å²) < 4.78 is 5.56. The van der Waals surface area contributed by atoms with E-state index in [1.165, 1.54) is 6.07 Å². The number of phenols is 2. The number of rotatable bonds is 2. The summed E-state index contributed by atoms with van der Waals surface area (Å²) >= 11 is 0. The van der Waals surface area contributed by atoms with E-state index in [1.54, 1.807) is 0 Å². The van der Waals surface area contributed by atoms with E-state index in [0.29, 0.717) is 12.2 Å². The third kappa shape index (κ3) is 1.78. The molecule has 0 unspecified atom stereocenters. The number of aromatic hydroxyl groups is 2. The summed E-state index contributed by atoms with van der Waals surface area (Å²) in [5, 5.41) is 19.0. The van der Waals surface area contributed by atoms with E-state index in [4.69, 9.17) is 4.74 Å². The molecule has 0 fully saturated rings. The van der Waals surface area contributed by atoms with Gasteiger partial charge in [0.2, 0.25) is 0 Å². The maximum absolute atomic E-state index is 9.63. The summed E-state index contributed by atoms with van der Waals surface area (Å²) in [4.78, 5) is 2.03. The molecule has 1 heterocycles. The molecule has 1 aliphatic rings. The topological polar surface area (TPSA) is 52.9 Å². The molecule has 0 aliphatic carbocycles. The Bertz CT molecular complexity index is 376. The van der Waals surface area contributed by atoms with Crippen LogP contribution in [-0.4, -0.2) is 35.8 Å². The van der Waals surface area contributed by atoms with Crippen LogP contribution in [0.15, 0.2) is 12.1 Å². The number of ether oxygens (including phenoxy) is 1. The lowest BCUT2D eigenvalue weighted by Crippen LogP contribution is -2.19. The molecule has 0 amide bonds. The molecule has 0 saturated heterocycles. The van der Waals surface area contributed by atoms with E-state index in [1.807, 2.05) is 25.1 Å². The van der Waals surface area contributed by atoms with Gasteiger partial charge in [-0.1, -0.05) is 6.07 Å². The van der Waals surface area contributed by atoms with Crippen LogP contribution < -0.4 is 0 Å². The van der Waals surface area contributed by atoms with E-state index in [2.05, 4.69) is 0 Å². The number of nitrogens with zero attached hydrogens (tertiary/aromatic N) is 1. The minimum absolute atomic E-state index is 0.0125. The van der Waals surface area contributed by atoms with Gasteiger partial charge in [0.05, 0.1) is 12.7 Å². The summed E-state index contributed by atoms with van der Waals surface area (Å²) in [7, 11) is 3.95. The third-order valence-corrected chi connectivity index (χ3v) is 2.60. The van der Waals surface area contributed by atoms with Gasteiger partial charge in [0, 0.05) is 12.1 Å². The first kappa shape index (κ1) is 10.3. The van der Waals surface area contributed by atoms with Gasteiger partial charge in [-0.15, -0.1) is 0 Å². The number of hydrogen-bond acceptors (Lipinski definition) is 4. The van der Waals surface area contributed by atoms with E-state index < -0.39 is 0 Å². The summed E-state index contributed by atoms with van der Waals surface area (Å²) in [5.74, 6) is -0.128. The van der Waals surface area contributed by atoms with Gasteiger partial charge in [0.25, 0.3) is 0 Å². The molecule has 4 nitrogen and oxygen atoms in total. The van der Waals surface area contributed by atoms with Crippen molar-refractivity contribution in [1.29, 1.82) is 0 Å². The second kappa shape index (κ2) is 3.72. The zero-order valence-corrected chi connectivity index (χ0v) is 8.90. The van der Waals surface area contributed by atoms with Crippen molar-refractivity contribution in [1.82, 2.24) is 4.90 Å². The van der Waals surface area contributed by atoms with Crippen molar-refractivity contribution in [3.8, 4) is 11.5 Å². The number of phenolic OH excluding ortho intramolecular Hbond substituents is 2. The smallest absolute Gasteiger partial charge is 0.163 e. The summed E-state index contributed by atoms with van der Waals surface area (Å²) in [6.07, 6.45) is -0.0125. The predicted octanol–water partition coefficient (Wildman–Crippen LogP) is 1.23. The molecule has 1 atom stereocenters. The Balaban J connectivity index is 2.32. The van der Waals surface area contributed by atoms with Gasteiger partial charge in [-0.2, -0.15) is 0 Å². The van der Waals surface area contributed by atoms with Crippen molar-refractivity contribution in [2.24, 2.45) is 0 Å². The molecule has 1 aromatic carbocycles. The van der Waals surface area contributed by atoms with Crippen molar-refractivity contribution in [3.05, 3.63) is 23.3 Å². The van der Waals surface area contributed by atoms with E-state index in [-0.39, 0.29) is 17.6 Å². The molecule has 82 valence electrons. The Hall–Kier alpha value is -1.26. The fourth-order valence-electron chi connectivity index (χ4n) is 1.85. The SMILES string of the molecule is CN(C)C[C@H]1OCc2c1ccc(O)c2O. The highest BCUT2D eigenvalue weighted by Gasteiger charge is 2.27. The van der Waals surface area contributed by atoms with E-state index >= 15 is 0 Å². The number of benzene rings is 1. The van der Waals surface area contributed by atoms with Gasteiger partial charge in [-0.3, -0.25) is 0 Å². The van der Waals surface area contributed by atoms with Crippen LogP contribution in [0.1, 0.15) is 17.2 Å². The Labute approximate surface area is 88.7 Å². The first-order valence-corrected chi connectivity index (χ1v) is 4.89. The van der Waals surface area contributed by atoms with E-state index in [0.717, 1.165) is 12.1 Å². The average Bonchev–Trinajstić information content (AvgIpc) is 2.55. The first-order chi connectivity index (χ1) is 7.09. The summed E-state index contributed by atoms with van der Waals surface area (Å²) in [5.41, 5.74) is 1.68. The number of hydrogen-bond donors (Lipinski definition) is 2. The van der Waals surface area contributed by atoms with Crippen LogP contribution in [0.3, 0.4) is 0 Å². The highest BCUT2D eigenvalue weighted by molar-refractivity contribution is 5.50. The average molecular weight is 209 g/mol. The Kier molecular flexibility index (Phi) is 2.54. The van der Waals surface area contributed by atoms with Crippen LogP contribution in [0.4, 0.5) is 0 Å². The second-order valence-electron chi connectivity index (χ2n) is 4.06. The molecule has 15 heavy (non-hydrogen) atoms. The quantitative estimate of drug-likeness (QED) is 0.719. The normalized spacial score (nSPS) is 19.5. The molecule has 0 radical (unpaired) electrons. The lowest BCUT2D eigenvalue weighted by Gasteiger charge is -2.16. The van der Waals surface area contributed by atoms with Gasteiger partial charge in [0.15, 0.2) is 11.5 Å². The maximum Gasteiger partial charge on any atom is 0.163 e. The highest BCUT2D eigenvalue weighted by Crippen LogP contribution is 2.40. The minimum atomic E-state index is -0.0807. The number of likely N-dealkylation sites (N-methyl/N-ethyl adjacent to an activating group) is 1. The van der Waals surface area contributed by atoms with Crippen LogP contribution >= 0.6 is 0 Å². The predicted molar refractivity (Wildman–Crippen MR) is 55.9 cm³/mol. The van der Waals surface area contributed by atoms with Crippen molar-refractivity contribution >= 4 is 0 Å².